The molecule has 0 radical (unpaired) electrons. The number of aromatic nitrogens is 1. The maximum absolute atomic E-state index is 13.0. The fourth-order valence-electron chi connectivity index (χ4n) is 3.54. The molecule has 6 nitrogen and oxygen atoms in total. The third kappa shape index (κ3) is 4.47. The second-order valence-electron chi connectivity index (χ2n) is 7.04. The third-order valence-electron chi connectivity index (χ3n) is 4.74. The molecule has 1 N–H and O–H groups in total. The maximum Gasteiger partial charge on any atom is 0.341 e. The molecule has 27 heavy (non-hydrogen) atoms. The molecule has 0 spiro atoms. The number of ether oxygens (including phenoxy) is 1. The molecule has 0 unspecified atom stereocenters. The van der Waals surface area contributed by atoms with Gasteiger partial charge in [0.05, 0.1) is 5.01 Å². The molecule has 1 saturated heterocycles. The summed E-state index contributed by atoms with van der Waals surface area (Å²) in [4.78, 5) is 30.3. The zero-order valence-electron chi connectivity index (χ0n) is 15.8. The Hall–Kier alpha value is -2.41. The van der Waals surface area contributed by atoms with Crippen molar-refractivity contribution in [3.8, 4) is 5.75 Å². The van der Waals surface area contributed by atoms with Gasteiger partial charge < -0.3 is 14.7 Å². The number of hydrogen-bond acceptors (Lipinski definition) is 5. The lowest BCUT2D eigenvalue weighted by molar-refractivity contribution is -0.139. The summed E-state index contributed by atoms with van der Waals surface area (Å²) in [5.41, 5.74) is 3.18. The number of benzene rings is 1. The predicted octanol–water partition coefficient (Wildman–Crippen LogP) is 3.55. The first kappa shape index (κ1) is 19.4. The van der Waals surface area contributed by atoms with E-state index in [1.165, 1.54) is 0 Å². The van der Waals surface area contributed by atoms with E-state index in [0.29, 0.717) is 23.8 Å². The lowest BCUT2D eigenvalue weighted by Crippen LogP contribution is -2.39. The van der Waals surface area contributed by atoms with Crippen molar-refractivity contribution < 1.29 is 19.4 Å². The van der Waals surface area contributed by atoms with E-state index in [2.05, 4.69) is 10.4 Å². The van der Waals surface area contributed by atoms with Crippen molar-refractivity contribution in [2.45, 2.75) is 39.5 Å². The minimum atomic E-state index is -1.02. The second kappa shape index (κ2) is 8.08. The van der Waals surface area contributed by atoms with Gasteiger partial charge in [-0.25, -0.2) is 9.78 Å². The van der Waals surface area contributed by atoms with Crippen molar-refractivity contribution in [2.24, 2.45) is 0 Å². The van der Waals surface area contributed by atoms with Gasteiger partial charge in [-0.3, -0.25) is 4.79 Å². The van der Waals surface area contributed by atoms with Crippen LogP contribution in [0.15, 0.2) is 17.5 Å². The lowest BCUT2D eigenvalue weighted by Gasteiger charge is -2.32. The van der Waals surface area contributed by atoms with Crippen molar-refractivity contribution in [3.63, 3.8) is 0 Å². The Balaban J connectivity index is 1.75. The number of aryl methyl sites for hydroxylation is 3. The highest BCUT2D eigenvalue weighted by molar-refractivity contribution is 7.09. The van der Waals surface area contributed by atoms with Gasteiger partial charge in [0.2, 0.25) is 0 Å². The summed E-state index contributed by atoms with van der Waals surface area (Å²) in [6.07, 6.45) is 2.02. The van der Waals surface area contributed by atoms with Gasteiger partial charge >= 0.3 is 5.97 Å². The van der Waals surface area contributed by atoms with Crippen LogP contribution < -0.4 is 4.74 Å². The highest BCUT2D eigenvalue weighted by Gasteiger charge is 2.27. The molecule has 0 saturated carbocycles. The number of rotatable bonds is 5. The number of nitrogens with zero attached hydrogens (tertiary/aromatic N) is 2. The topological polar surface area (TPSA) is 79.7 Å². The van der Waals surface area contributed by atoms with E-state index >= 15 is 0 Å². The standard InChI is InChI=1S/C20H24N2O4S/c1-12-7-16(8-13(2)18(12)26-10-17(23)24)20(25)22-6-4-5-15(9-22)19-21-14(3)11-27-19/h7-8,11,15H,4-6,9-10H2,1-3H3,(H,23,24)/t15-/m0/s1. The van der Waals surface area contributed by atoms with Gasteiger partial charge in [0.1, 0.15) is 5.75 Å². The quantitative estimate of drug-likeness (QED) is 0.847. The smallest absolute Gasteiger partial charge is 0.341 e. The van der Waals surface area contributed by atoms with E-state index in [4.69, 9.17) is 9.84 Å². The SMILES string of the molecule is Cc1csc([C@H]2CCCN(C(=O)c3cc(C)c(OCC(=O)O)c(C)c3)C2)n1. The molecular formula is C20H24N2O4S. The molecule has 2 heterocycles. The first-order valence-electron chi connectivity index (χ1n) is 9.02. The van der Waals surface area contributed by atoms with E-state index in [0.717, 1.165) is 41.2 Å². The van der Waals surface area contributed by atoms with Crippen LogP contribution >= 0.6 is 11.3 Å². The number of carboxylic acid groups (broad SMARTS) is 1. The van der Waals surface area contributed by atoms with Gasteiger partial charge in [-0.1, -0.05) is 0 Å². The summed E-state index contributed by atoms with van der Waals surface area (Å²) in [6.45, 7) is 6.69. The molecule has 7 heteroatoms. The number of piperidine rings is 1. The number of carbonyl (C=O) groups excluding carboxylic acids is 1. The lowest BCUT2D eigenvalue weighted by atomic mass is 9.97. The molecule has 2 aromatic rings. The molecule has 1 aromatic carbocycles. The molecule has 3 rings (SSSR count). The molecule has 0 bridgehead atoms. The molecule has 1 aliphatic heterocycles. The fraction of sp³-hybridized carbons (Fsp3) is 0.450. The van der Waals surface area contributed by atoms with Crippen LogP contribution in [0, 0.1) is 20.8 Å². The summed E-state index contributed by atoms with van der Waals surface area (Å²) in [7, 11) is 0. The maximum atomic E-state index is 13.0. The summed E-state index contributed by atoms with van der Waals surface area (Å²) in [5.74, 6) is -0.194. The summed E-state index contributed by atoms with van der Waals surface area (Å²) in [6, 6.07) is 3.56. The van der Waals surface area contributed by atoms with Gasteiger partial charge in [0, 0.05) is 35.6 Å². The first-order valence-corrected chi connectivity index (χ1v) is 9.90. The number of carboxylic acids is 1. The van der Waals surface area contributed by atoms with Crippen molar-refractivity contribution in [1.29, 1.82) is 0 Å². The number of aliphatic carboxylic acids is 1. The number of carbonyl (C=O) groups is 2. The Labute approximate surface area is 162 Å². The molecule has 144 valence electrons. The van der Waals surface area contributed by atoms with E-state index in [1.807, 2.05) is 25.7 Å². The molecule has 1 aliphatic rings. The van der Waals surface area contributed by atoms with Gasteiger partial charge in [0.15, 0.2) is 6.61 Å². The normalized spacial score (nSPS) is 17.0. The number of amides is 1. The highest BCUT2D eigenvalue weighted by Crippen LogP contribution is 2.31. The Morgan fingerprint density at radius 1 is 1.30 bits per heavy atom. The van der Waals surface area contributed by atoms with Crippen molar-refractivity contribution in [2.75, 3.05) is 19.7 Å². The largest absolute Gasteiger partial charge is 0.481 e. The zero-order valence-corrected chi connectivity index (χ0v) is 16.6. The Morgan fingerprint density at radius 2 is 2.00 bits per heavy atom. The number of likely N-dealkylation sites (tertiary alicyclic amines) is 1. The highest BCUT2D eigenvalue weighted by atomic mass is 32.1. The number of thiazole rings is 1. The number of hydrogen-bond donors (Lipinski definition) is 1. The minimum absolute atomic E-state index is 0.00367. The predicted molar refractivity (Wildman–Crippen MR) is 104 cm³/mol. The van der Waals surface area contributed by atoms with Crippen molar-refractivity contribution in [1.82, 2.24) is 9.88 Å². The van der Waals surface area contributed by atoms with Crippen LogP contribution in [0.3, 0.4) is 0 Å². The summed E-state index contributed by atoms with van der Waals surface area (Å²) >= 11 is 1.67. The van der Waals surface area contributed by atoms with Crippen LogP contribution in [-0.4, -0.2) is 46.6 Å². The third-order valence-corrected chi connectivity index (χ3v) is 5.87. The first-order chi connectivity index (χ1) is 12.8. The van der Waals surface area contributed by atoms with Gasteiger partial charge in [-0.2, -0.15) is 0 Å². The second-order valence-corrected chi connectivity index (χ2v) is 7.93. The van der Waals surface area contributed by atoms with Crippen molar-refractivity contribution >= 4 is 23.2 Å². The van der Waals surface area contributed by atoms with Crippen LogP contribution in [0.1, 0.15) is 50.9 Å². The Kier molecular flexibility index (Phi) is 5.79. The van der Waals surface area contributed by atoms with Crippen molar-refractivity contribution in [3.05, 3.63) is 44.9 Å². The Morgan fingerprint density at radius 3 is 2.59 bits per heavy atom. The molecule has 1 fully saturated rings. The minimum Gasteiger partial charge on any atom is -0.481 e. The van der Waals surface area contributed by atoms with Crippen LogP contribution in [0.5, 0.6) is 5.75 Å². The molecule has 1 aromatic heterocycles. The van der Waals surface area contributed by atoms with Crippen LogP contribution in [0.25, 0.3) is 0 Å². The average molecular weight is 388 g/mol. The zero-order chi connectivity index (χ0) is 19.6. The molecular weight excluding hydrogens is 364 g/mol. The fourth-order valence-corrected chi connectivity index (χ4v) is 4.47. The summed E-state index contributed by atoms with van der Waals surface area (Å²) < 4.78 is 5.36. The van der Waals surface area contributed by atoms with E-state index in [-0.39, 0.29) is 5.91 Å². The summed E-state index contributed by atoms with van der Waals surface area (Å²) in [5, 5.41) is 12.0. The van der Waals surface area contributed by atoms with Crippen LogP contribution in [-0.2, 0) is 4.79 Å². The Bertz CT molecular complexity index is 838. The van der Waals surface area contributed by atoms with Crippen LogP contribution in [0.4, 0.5) is 0 Å². The van der Waals surface area contributed by atoms with E-state index < -0.39 is 12.6 Å². The van der Waals surface area contributed by atoms with Gasteiger partial charge in [0.25, 0.3) is 5.91 Å². The molecule has 1 amide bonds. The van der Waals surface area contributed by atoms with Gasteiger partial charge in [-0.05, 0) is 56.9 Å². The monoisotopic (exact) mass is 388 g/mol. The van der Waals surface area contributed by atoms with E-state index in [1.54, 1.807) is 23.5 Å². The molecule has 0 aliphatic carbocycles. The molecule has 1 atom stereocenters. The van der Waals surface area contributed by atoms with E-state index in [9.17, 15) is 9.59 Å². The van der Waals surface area contributed by atoms with Crippen LogP contribution in [0.2, 0.25) is 0 Å². The average Bonchev–Trinajstić information content (AvgIpc) is 3.06. The van der Waals surface area contributed by atoms with Gasteiger partial charge in [-0.15, -0.1) is 11.3 Å².